The summed E-state index contributed by atoms with van der Waals surface area (Å²) in [7, 11) is 0. The number of carbonyl (C=O) groups excluding carboxylic acids is 2. The van der Waals surface area contributed by atoms with Gasteiger partial charge < -0.3 is 5.32 Å². The maximum absolute atomic E-state index is 13.4. The molecule has 164 valence electrons. The molecule has 5 nitrogen and oxygen atoms in total. The molecule has 32 heavy (non-hydrogen) atoms. The molecule has 2 N–H and O–H groups in total. The Bertz CT molecular complexity index is 1210. The van der Waals surface area contributed by atoms with Gasteiger partial charge in [0.25, 0.3) is 5.91 Å². The first-order valence-electron chi connectivity index (χ1n) is 9.29. The van der Waals surface area contributed by atoms with Crippen LogP contribution in [0.3, 0.4) is 0 Å². The largest absolute Gasteiger partial charge is 0.324 e. The quantitative estimate of drug-likeness (QED) is 0.279. The van der Waals surface area contributed by atoms with Gasteiger partial charge in [-0.2, -0.15) is 4.55 Å². The fraction of sp³-hybridized carbons (Fsp3) is 0.0909. The van der Waals surface area contributed by atoms with E-state index in [1.165, 1.54) is 34.6 Å². The highest BCUT2D eigenvalue weighted by Gasteiger charge is 2.51. The predicted molar refractivity (Wildman–Crippen MR) is 130 cm³/mol. The van der Waals surface area contributed by atoms with Gasteiger partial charge in [0.05, 0.1) is 12.2 Å². The zero-order valence-electron chi connectivity index (χ0n) is 16.2. The van der Waals surface area contributed by atoms with E-state index in [2.05, 4.69) is 37.2 Å². The van der Waals surface area contributed by atoms with Gasteiger partial charge in [0.15, 0.2) is 5.92 Å². The van der Waals surface area contributed by atoms with Gasteiger partial charge in [0.2, 0.25) is 10.8 Å². The van der Waals surface area contributed by atoms with E-state index in [4.69, 9.17) is 11.6 Å². The number of nitrogens with zero attached hydrogens (tertiary/aromatic N) is 1. The second kappa shape index (κ2) is 9.52. The molecule has 4 rings (SSSR count). The van der Waals surface area contributed by atoms with E-state index in [0.29, 0.717) is 31.2 Å². The van der Waals surface area contributed by atoms with Crippen molar-refractivity contribution in [1.82, 2.24) is 4.31 Å². The molecule has 3 aromatic carbocycles. The summed E-state index contributed by atoms with van der Waals surface area (Å²) >= 11 is 11.3. The molecular weight excluding hydrogens is 587 g/mol. The third-order valence-electron chi connectivity index (χ3n) is 4.87. The summed E-state index contributed by atoms with van der Waals surface area (Å²) in [5.41, 5.74) is 1.47. The zero-order chi connectivity index (χ0) is 23.0. The minimum absolute atomic E-state index is 0.0204. The van der Waals surface area contributed by atoms with Crippen molar-refractivity contribution in [3.05, 3.63) is 91.6 Å². The molecule has 0 fully saturated rings. The maximum Gasteiger partial charge on any atom is 0.309 e. The molecule has 3 aromatic rings. The molecule has 2 unspecified atom stereocenters. The Morgan fingerprint density at radius 2 is 1.84 bits per heavy atom. The normalized spacial score (nSPS) is 17.8. The van der Waals surface area contributed by atoms with E-state index in [0.717, 1.165) is 4.47 Å². The molecule has 1 aliphatic rings. The lowest BCUT2D eigenvalue weighted by Gasteiger charge is -2.28. The Morgan fingerprint density at radius 3 is 2.53 bits per heavy atom. The summed E-state index contributed by atoms with van der Waals surface area (Å²) in [4.78, 5) is 27.1. The molecule has 10 heteroatoms. The lowest BCUT2D eigenvalue weighted by Crippen LogP contribution is -2.47. The van der Waals surface area contributed by atoms with Crippen LogP contribution in [-0.4, -0.2) is 20.7 Å². The van der Waals surface area contributed by atoms with Crippen molar-refractivity contribution < 1.29 is 18.5 Å². The summed E-state index contributed by atoms with van der Waals surface area (Å²) in [6.07, 6.45) is 0. The molecule has 2 amide bonds. The Balaban J connectivity index is 1.71. The molecule has 0 saturated heterocycles. The lowest BCUT2D eigenvalue weighted by molar-refractivity contribution is -0.133. The first kappa shape index (κ1) is 23.3. The van der Waals surface area contributed by atoms with Gasteiger partial charge in [-0.15, -0.1) is 4.31 Å². The van der Waals surface area contributed by atoms with E-state index in [1.54, 1.807) is 30.3 Å². The summed E-state index contributed by atoms with van der Waals surface area (Å²) in [5, 5.41) is 3.13. The van der Waals surface area contributed by atoms with Crippen LogP contribution in [0.15, 0.2) is 74.5 Å². The lowest BCUT2D eigenvalue weighted by atomic mass is 9.96. The van der Waals surface area contributed by atoms with Gasteiger partial charge in [-0.3, -0.25) is 9.59 Å². The van der Waals surface area contributed by atoms with Gasteiger partial charge in [-0.05, 0) is 64.0 Å². The Labute approximate surface area is 208 Å². The molecule has 2 atom stereocenters. The standard InChI is InChI=1S/C22H14Br2ClFN2O3S/c23-13-3-7-18(17(24)9-13)27-21(29)20-16-10-14(25)4-8-19(16)32(31)28(22(20)30)11-12-1-5-15(26)6-2-12/h1-10,20,31H,11H2/p+1. The van der Waals surface area contributed by atoms with Crippen molar-refractivity contribution in [2.45, 2.75) is 17.4 Å². The van der Waals surface area contributed by atoms with E-state index >= 15 is 0 Å². The third-order valence-corrected chi connectivity index (χ3v) is 7.75. The van der Waals surface area contributed by atoms with Crippen molar-refractivity contribution in [3.63, 3.8) is 0 Å². The van der Waals surface area contributed by atoms with E-state index < -0.39 is 34.9 Å². The smallest absolute Gasteiger partial charge is 0.309 e. The summed E-state index contributed by atoms with van der Waals surface area (Å²) in [6.45, 7) is 0.0204. The zero-order valence-corrected chi connectivity index (χ0v) is 20.9. The van der Waals surface area contributed by atoms with E-state index in [9.17, 15) is 18.5 Å². The highest BCUT2D eigenvalue weighted by Crippen LogP contribution is 2.38. The average molecular weight is 602 g/mol. The van der Waals surface area contributed by atoms with Crippen LogP contribution in [-0.2, 0) is 27.5 Å². The molecule has 0 spiro atoms. The van der Waals surface area contributed by atoms with Gasteiger partial charge >= 0.3 is 11.4 Å². The van der Waals surface area contributed by atoms with Gasteiger partial charge in [-0.25, -0.2) is 4.39 Å². The van der Waals surface area contributed by atoms with Crippen LogP contribution < -0.4 is 5.32 Å². The van der Waals surface area contributed by atoms with Crippen LogP contribution >= 0.6 is 43.5 Å². The number of hydrogen-bond acceptors (Lipinski definition) is 3. The second-order valence-corrected chi connectivity index (χ2v) is 10.6. The highest BCUT2D eigenvalue weighted by molar-refractivity contribution is 9.11. The van der Waals surface area contributed by atoms with E-state index in [-0.39, 0.29) is 6.54 Å². The van der Waals surface area contributed by atoms with Crippen LogP contribution in [0.4, 0.5) is 10.1 Å². The van der Waals surface area contributed by atoms with Gasteiger partial charge in [0.1, 0.15) is 5.82 Å². The highest BCUT2D eigenvalue weighted by atomic mass is 79.9. The van der Waals surface area contributed by atoms with Crippen LogP contribution in [0, 0.1) is 5.82 Å². The van der Waals surface area contributed by atoms with Gasteiger partial charge in [0, 0.05) is 25.6 Å². The fourth-order valence-corrected chi connectivity index (χ4v) is 6.02. The topological polar surface area (TPSA) is 69.6 Å². The average Bonchev–Trinajstić information content (AvgIpc) is 2.74. The van der Waals surface area contributed by atoms with Crippen molar-refractivity contribution in [1.29, 1.82) is 0 Å². The number of rotatable bonds is 4. The molecule has 0 saturated carbocycles. The van der Waals surface area contributed by atoms with Crippen LogP contribution in [0.2, 0.25) is 5.02 Å². The number of fused-ring (bicyclic) bond motifs is 1. The van der Waals surface area contributed by atoms with Crippen molar-refractivity contribution in [2.24, 2.45) is 0 Å². The SMILES string of the molecule is O=C(Nc1ccc(Br)cc1Br)C1C(=O)N(Cc2ccc(F)cc2)[S+](O)c2ccc(Cl)cc21. The monoisotopic (exact) mass is 599 g/mol. The Hall–Kier alpha value is -1.91. The number of nitrogens with one attached hydrogen (secondary N) is 1. The van der Waals surface area contributed by atoms with Gasteiger partial charge in [-0.1, -0.05) is 39.7 Å². The van der Waals surface area contributed by atoms with Crippen molar-refractivity contribution >= 4 is 72.3 Å². The molecule has 1 heterocycles. The molecule has 1 aliphatic heterocycles. The second-order valence-electron chi connectivity index (χ2n) is 6.99. The first-order chi connectivity index (χ1) is 15.2. The molecule has 0 bridgehead atoms. The molecule has 0 aliphatic carbocycles. The van der Waals surface area contributed by atoms with Crippen molar-refractivity contribution in [3.8, 4) is 0 Å². The van der Waals surface area contributed by atoms with Crippen LogP contribution in [0.1, 0.15) is 17.0 Å². The number of anilines is 1. The number of halogens is 4. The van der Waals surface area contributed by atoms with Crippen molar-refractivity contribution in [2.75, 3.05) is 5.32 Å². The predicted octanol–water partition coefficient (Wildman–Crippen LogP) is 6.13. The van der Waals surface area contributed by atoms with Crippen LogP contribution in [0.25, 0.3) is 0 Å². The third kappa shape index (κ3) is 4.72. The number of benzene rings is 3. The minimum atomic E-state index is -1.60. The Kier molecular flexibility index (Phi) is 6.92. The number of amides is 2. The molecule has 0 radical (unpaired) electrons. The molecular formula is C22H15Br2ClFN2O3S+. The minimum Gasteiger partial charge on any atom is -0.324 e. The molecule has 0 aromatic heterocycles. The Morgan fingerprint density at radius 1 is 1.12 bits per heavy atom. The summed E-state index contributed by atoms with van der Waals surface area (Å²) in [5.74, 6) is -2.74. The maximum atomic E-state index is 13.4. The summed E-state index contributed by atoms with van der Waals surface area (Å²) < 4.78 is 26.9. The number of hydrogen-bond donors (Lipinski definition) is 2. The summed E-state index contributed by atoms with van der Waals surface area (Å²) in [6, 6.07) is 15.6. The van der Waals surface area contributed by atoms with Crippen LogP contribution in [0.5, 0.6) is 0 Å². The fourth-order valence-electron chi connectivity index (χ4n) is 3.34. The van der Waals surface area contributed by atoms with E-state index in [1.807, 2.05) is 0 Å². The number of carbonyl (C=O) groups is 2. The first-order valence-corrected chi connectivity index (χ1v) is 12.4.